The number of furan rings is 1. The van der Waals surface area contributed by atoms with E-state index >= 15 is 0 Å². The Hall–Kier alpha value is -2.44. The van der Waals surface area contributed by atoms with Crippen molar-refractivity contribution < 1.29 is 9.21 Å². The molecule has 3 aromatic rings. The van der Waals surface area contributed by atoms with E-state index in [1.54, 1.807) is 0 Å². The van der Waals surface area contributed by atoms with Crippen LogP contribution in [0.25, 0.3) is 10.8 Å². The number of amides is 1. The number of carbonyl (C=O) groups is 1. The number of nitrogens with zero attached hydrogens (tertiary/aromatic N) is 3. The molecule has 27 heavy (non-hydrogen) atoms. The van der Waals surface area contributed by atoms with Crippen LogP contribution in [0.4, 0.5) is 0 Å². The minimum Gasteiger partial charge on any atom is -0.459 e. The lowest BCUT2D eigenvalue weighted by Gasteiger charge is -2.34. The van der Waals surface area contributed by atoms with Crippen LogP contribution >= 0.6 is 11.3 Å². The normalized spacial score (nSPS) is 15.3. The van der Waals surface area contributed by atoms with Crippen LogP contribution in [0, 0.1) is 13.8 Å². The molecule has 5 nitrogen and oxygen atoms in total. The Balaban J connectivity index is 1.40. The van der Waals surface area contributed by atoms with Crippen LogP contribution in [0.1, 0.15) is 26.7 Å². The first-order valence-electron chi connectivity index (χ1n) is 9.20. The van der Waals surface area contributed by atoms with Gasteiger partial charge in [-0.25, -0.2) is 4.98 Å². The summed E-state index contributed by atoms with van der Waals surface area (Å²) in [5.41, 5.74) is 2.09. The molecule has 0 atom stereocenters. The van der Waals surface area contributed by atoms with E-state index < -0.39 is 0 Å². The quantitative estimate of drug-likeness (QED) is 0.686. The van der Waals surface area contributed by atoms with Gasteiger partial charge in [-0.2, -0.15) is 0 Å². The maximum Gasteiger partial charge on any atom is 0.265 e. The third kappa shape index (κ3) is 3.96. The number of aromatic nitrogens is 1. The lowest BCUT2D eigenvalue weighted by molar-refractivity contribution is 0.0632. The number of carbonyl (C=O) groups excluding carboxylic acids is 1. The molecule has 1 aliphatic rings. The van der Waals surface area contributed by atoms with Gasteiger partial charge in [-0.15, -0.1) is 11.3 Å². The van der Waals surface area contributed by atoms with E-state index in [-0.39, 0.29) is 5.91 Å². The molecule has 4 rings (SSSR count). The van der Waals surface area contributed by atoms with E-state index in [4.69, 9.17) is 4.42 Å². The molecule has 0 radical (unpaired) electrons. The zero-order valence-corrected chi connectivity index (χ0v) is 16.5. The summed E-state index contributed by atoms with van der Waals surface area (Å²) in [7, 11) is 0. The topological polar surface area (TPSA) is 49.6 Å². The van der Waals surface area contributed by atoms with Crippen LogP contribution in [0.2, 0.25) is 0 Å². The average Bonchev–Trinajstić information content (AvgIpc) is 3.28. The van der Waals surface area contributed by atoms with Crippen molar-refractivity contribution in [1.82, 2.24) is 14.8 Å². The van der Waals surface area contributed by atoms with Crippen LogP contribution in [0.3, 0.4) is 0 Å². The Morgan fingerprint density at radius 1 is 1.07 bits per heavy atom. The maximum atomic E-state index is 13.0. The van der Waals surface area contributed by atoms with E-state index in [2.05, 4.69) is 34.1 Å². The van der Waals surface area contributed by atoms with Gasteiger partial charge in [0.05, 0.1) is 5.69 Å². The lowest BCUT2D eigenvalue weighted by Crippen LogP contribution is -2.48. The van der Waals surface area contributed by atoms with Crippen LogP contribution in [0.5, 0.6) is 0 Å². The van der Waals surface area contributed by atoms with Gasteiger partial charge >= 0.3 is 0 Å². The molecule has 1 saturated heterocycles. The molecule has 1 fully saturated rings. The highest BCUT2D eigenvalue weighted by Crippen LogP contribution is 2.30. The predicted molar refractivity (Wildman–Crippen MR) is 107 cm³/mol. The van der Waals surface area contributed by atoms with Gasteiger partial charge in [0.25, 0.3) is 5.91 Å². The number of hydrogen-bond donors (Lipinski definition) is 0. The van der Waals surface area contributed by atoms with Gasteiger partial charge in [0.1, 0.15) is 10.6 Å². The fraction of sp³-hybridized carbons (Fsp3) is 0.333. The summed E-state index contributed by atoms with van der Waals surface area (Å²) in [6.45, 7) is 8.02. The van der Waals surface area contributed by atoms with Crippen LogP contribution < -0.4 is 0 Å². The fourth-order valence-corrected chi connectivity index (χ4v) is 4.34. The Kier molecular flexibility index (Phi) is 5.09. The molecule has 0 saturated carbocycles. The predicted octanol–water partition coefficient (Wildman–Crippen LogP) is 3.98. The molecule has 0 bridgehead atoms. The largest absolute Gasteiger partial charge is 0.459 e. The molecule has 0 unspecified atom stereocenters. The van der Waals surface area contributed by atoms with E-state index in [1.165, 1.54) is 16.9 Å². The highest BCUT2D eigenvalue weighted by atomic mass is 32.1. The Labute approximate surface area is 163 Å². The van der Waals surface area contributed by atoms with E-state index in [9.17, 15) is 4.79 Å². The van der Waals surface area contributed by atoms with Gasteiger partial charge in [-0.3, -0.25) is 9.69 Å². The summed E-state index contributed by atoms with van der Waals surface area (Å²) >= 11 is 1.42. The zero-order valence-electron chi connectivity index (χ0n) is 15.6. The van der Waals surface area contributed by atoms with Gasteiger partial charge in [0, 0.05) is 32.7 Å². The summed E-state index contributed by atoms with van der Waals surface area (Å²) < 4.78 is 5.65. The summed E-state index contributed by atoms with van der Waals surface area (Å²) in [6.07, 6.45) is 0. The van der Waals surface area contributed by atoms with Crippen molar-refractivity contribution in [3.63, 3.8) is 0 Å². The summed E-state index contributed by atoms with van der Waals surface area (Å²) in [6, 6.07) is 14.3. The average molecular weight is 382 g/mol. The molecule has 0 aliphatic carbocycles. The van der Waals surface area contributed by atoms with Crippen molar-refractivity contribution in [1.29, 1.82) is 0 Å². The Morgan fingerprint density at radius 2 is 1.81 bits per heavy atom. The standard InChI is InChI=1S/C21H23N3O2S/c1-15-8-9-18(26-15)20-22-16(2)19(27-20)21(25)24-12-10-23(11-13-24)14-17-6-4-3-5-7-17/h3-9H,10-14H2,1-2H3. The second-order valence-electron chi connectivity index (χ2n) is 6.90. The number of rotatable bonds is 4. The summed E-state index contributed by atoms with van der Waals surface area (Å²) in [5, 5.41) is 0.770. The van der Waals surface area contributed by atoms with Crippen molar-refractivity contribution in [3.05, 3.63) is 64.4 Å². The molecule has 140 valence electrons. The summed E-state index contributed by atoms with van der Waals surface area (Å²) in [5.74, 6) is 1.66. The molecule has 0 spiro atoms. The Morgan fingerprint density at radius 3 is 2.48 bits per heavy atom. The van der Waals surface area contributed by atoms with Crippen molar-refractivity contribution in [2.24, 2.45) is 0 Å². The monoisotopic (exact) mass is 381 g/mol. The van der Waals surface area contributed by atoms with Crippen LogP contribution in [-0.2, 0) is 6.54 Å². The minimum atomic E-state index is 0.0823. The van der Waals surface area contributed by atoms with Crippen molar-refractivity contribution >= 4 is 17.2 Å². The van der Waals surface area contributed by atoms with Gasteiger partial charge in [0.2, 0.25) is 0 Å². The van der Waals surface area contributed by atoms with Crippen LogP contribution in [0.15, 0.2) is 46.9 Å². The zero-order chi connectivity index (χ0) is 18.8. The smallest absolute Gasteiger partial charge is 0.265 e. The first-order valence-corrected chi connectivity index (χ1v) is 10.0. The molecule has 1 aliphatic heterocycles. The molecular formula is C21H23N3O2S. The second kappa shape index (κ2) is 7.66. The highest BCUT2D eigenvalue weighted by Gasteiger charge is 2.26. The molecule has 0 N–H and O–H groups in total. The first-order chi connectivity index (χ1) is 13.1. The fourth-order valence-electron chi connectivity index (χ4n) is 3.34. The minimum absolute atomic E-state index is 0.0823. The molecule has 1 amide bonds. The maximum absolute atomic E-state index is 13.0. The molecule has 1 aromatic carbocycles. The third-order valence-corrected chi connectivity index (χ3v) is 6.01. The van der Waals surface area contributed by atoms with Crippen molar-refractivity contribution in [2.75, 3.05) is 26.2 Å². The van der Waals surface area contributed by atoms with Gasteiger partial charge in [-0.1, -0.05) is 30.3 Å². The first kappa shape index (κ1) is 17.9. The molecule has 3 heterocycles. The Bertz CT molecular complexity index is 924. The van der Waals surface area contributed by atoms with Crippen molar-refractivity contribution in [2.45, 2.75) is 20.4 Å². The van der Waals surface area contributed by atoms with Crippen molar-refractivity contribution in [3.8, 4) is 10.8 Å². The van der Waals surface area contributed by atoms with E-state index in [1.807, 2.05) is 36.9 Å². The number of benzene rings is 1. The van der Waals surface area contributed by atoms with Gasteiger partial charge in [-0.05, 0) is 31.5 Å². The molecule has 2 aromatic heterocycles. The number of aryl methyl sites for hydroxylation is 2. The van der Waals surface area contributed by atoms with E-state index in [0.717, 1.165) is 59.8 Å². The van der Waals surface area contributed by atoms with Gasteiger partial charge in [0.15, 0.2) is 10.8 Å². The highest BCUT2D eigenvalue weighted by molar-refractivity contribution is 7.17. The number of thiazole rings is 1. The number of piperazine rings is 1. The van der Waals surface area contributed by atoms with Gasteiger partial charge < -0.3 is 9.32 Å². The van der Waals surface area contributed by atoms with E-state index in [0.29, 0.717) is 0 Å². The third-order valence-electron chi connectivity index (χ3n) is 4.85. The molecule has 6 heteroatoms. The van der Waals surface area contributed by atoms with Crippen LogP contribution in [-0.4, -0.2) is 46.9 Å². The second-order valence-corrected chi connectivity index (χ2v) is 7.90. The summed E-state index contributed by atoms with van der Waals surface area (Å²) in [4.78, 5) is 22.6. The lowest BCUT2D eigenvalue weighted by atomic mass is 10.2. The SMILES string of the molecule is Cc1ccc(-c2nc(C)c(C(=O)N3CCN(Cc4ccccc4)CC3)s2)o1. The molecular weight excluding hydrogens is 358 g/mol. The number of hydrogen-bond acceptors (Lipinski definition) is 5.